The van der Waals surface area contributed by atoms with Crippen molar-refractivity contribution >= 4 is 22.6 Å². The summed E-state index contributed by atoms with van der Waals surface area (Å²) in [6, 6.07) is 29.3. The predicted octanol–water partition coefficient (Wildman–Crippen LogP) is 4.67. The van der Waals surface area contributed by atoms with Crippen LogP contribution in [0.2, 0.25) is 0 Å². The number of benzene rings is 4. The topological polar surface area (TPSA) is 55.4 Å². The van der Waals surface area contributed by atoms with Crippen LogP contribution in [0.4, 0.5) is 0 Å². The van der Waals surface area contributed by atoms with Crippen LogP contribution in [0.1, 0.15) is 21.5 Å². The van der Waals surface area contributed by atoms with Gasteiger partial charge in [0.05, 0.1) is 7.11 Å². The summed E-state index contributed by atoms with van der Waals surface area (Å²) < 4.78 is 5.12. The molecular weight excluding hydrogens is 374 g/mol. The second-order valence-corrected chi connectivity index (χ2v) is 7.35. The smallest absolute Gasteiger partial charge is 0.341 e. The number of ether oxygens (including phenoxy) is 1. The van der Waals surface area contributed by atoms with Crippen LogP contribution in [0.3, 0.4) is 0 Å². The lowest BCUT2D eigenvalue weighted by Gasteiger charge is -2.28. The Morgan fingerprint density at radius 3 is 2.27 bits per heavy atom. The molecule has 0 aliphatic carbocycles. The van der Waals surface area contributed by atoms with Crippen LogP contribution in [0.25, 0.3) is 21.9 Å². The quantitative estimate of drug-likeness (QED) is 0.515. The highest BCUT2D eigenvalue weighted by Gasteiger charge is 2.51. The molecule has 1 aliphatic heterocycles. The molecule has 0 fully saturated rings. The van der Waals surface area contributed by atoms with Crippen LogP contribution in [0, 0.1) is 0 Å². The molecule has 1 amide bonds. The van der Waals surface area contributed by atoms with Crippen molar-refractivity contribution in [1.82, 2.24) is 5.32 Å². The minimum atomic E-state index is -1.35. The highest BCUT2D eigenvalue weighted by Crippen LogP contribution is 2.39. The molecule has 4 aromatic carbocycles. The van der Waals surface area contributed by atoms with Gasteiger partial charge in [-0.1, -0.05) is 84.9 Å². The number of fused-ring (bicyclic) bond motifs is 2. The first-order valence-corrected chi connectivity index (χ1v) is 9.74. The standard InChI is InChI=1S/C26H19NO3/c1-30-25(29)26(23-12-5-4-10-22(23)24(28)27-26)19-15-13-18(14-16-19)21-11-6-8-17-7-2-3-9-20(17)21/h2-16H,1H3,(H,27,28). The number of hydrogen-bond acceptors (Lipinski definition) is 3. The van der Waals surface area contributed by atoms with E-state index in [1.165, 1.54) is 12.5 Å². The lowest BCUT2D eigenvalue weighted by atomic mass is 9.83. The number of nitrogens with one attached hydrogen (secondary N) is 1. The molecule has 1 aliphatic rings. The first-order chi connectivity index (χ1) is 14.6. The first-order valence-electron chi connectivity index (χ1n) is 9.74. The summed E-state index contributed by atoms with van der Waals surface area (Å²) in [5.74, 6) is -0.798. The van der Waals surface area contributed by atoms with E-state index < -0.39 is 11.5 Å². The van der Waals surface area contributed by atoms with Crippen LogP contribution in [-0.2, 0) is 15.1 Å². The predicted molar refractivity (Wildman–Crippen MR) is 116 cm³/mol. The van der Waals surface area contributed by atoms with Gasteiger partial charge in [0.2, 0.25) is 0 Å². The maximum atomic E-state index is 12.9. The van der Waals surface area contributed by atoms with Gasteiger partial charge < -0.3 is 10.1 Å². The van der Waals surface area contributed by atoms with E-state index in [-0.39, 0.29) is 5.91 Å². The number of hydrogen-bond donors (Lipinski definition) is 1. The Balaban J connectivity index is 1.65. The molecule has 4 heteroatoms. The Hall–Kier alpha value is -3.92. The lowest BCUT2D eigenvalue weighted by Crippen LogP contribution is -2.48. The minimum Gasteiger partial charge on any atom is -0.467 e. The molecule has 5 rings (SSSR count). The third-order valence-electron chi connectivity index (χ3n) is 5.79. The molecule has 1 atom stereocenters. The van der Waals surface area contributed by atoms with E-state index in [9.17, 15) is 9.59 Å². The third-order valence-corrected chi connectivity index (χ3v) is 5.79. The van der Waals surface area contributed by atoms with Gasteiger partial charge in [-0.15, -0.1) is 0 Å². The van der Waals surface area contributed by atoms with Crippen molar-refractivity contribution in [3.8, 4) is 11.1 Å². The molecule has 4 nitrogen and oxygen atoms in total. The van der Waals surface area contributed by atoms with Crippen molar-refractivity contribution in [3.05, 3.63) is 108 Å². The van der Waals surface area contributed by atoms with Crippen molar-refractivity contribution in [2.75, 3.05) is 7.11 Å². The zero-order chi connectivity index (χ0) is 20.7. The lowest BCUT2D eigenvalue weighted by molar-refractivity contribution is -0.146. The van der Waals surface area contributed by atoms with Crippen molar-refractivity contribution in [2.45, 2.75) is 5.54 Å². The molecule has 4 aromatic rings. The SMILES string of the molecule is COC(=O)C1(c2ccc(-c3cccc4ccccc34)cc2)NC(=O)c2ccccc21. The van der Waals surface area contributed by atoms with Crippen LogP contribution >= 0.6 is 0 Å². The van der Waals surface area contributed by atoms with Crippen molar-refractivity contribution in [3.63, 3.8) is 0 Å². The van der Waals surface area contributed by atoms with Crippen LogP contribution in [-0.4, -0.2) is 19.0 Å². The van der Waals surface area contributed by atoms with Gasteiger partial charge in [-0.05, 0) is 33.5 Å². The van der Waals surface area contributed by atoms with E-state index in [0.29, 0.717) is 16.7 Å². The number of rotatable bonds is 3. The summed E-state index contributed by atoms with van der Waals surface area (Å²) in [6.07, 6.45) is 0. The van der Waals surface area contributed by atoms with Crippen molar-refractivity contribution in [2.24, 2.45) is 0 Å². The average Bonchev–Trinajstić information content (AvgIpc) is 3.12. The van der Waals surface area contributed by atoms with Crippen LogP contribution in [0.5, 0.6) is 0 Å². The van der Waals surface area contributed by atoms with Gasteiger partial charge in [0, 0.05) is 11.1 Å². The van der Waals surface area contributed by atoms with Crippen molar-refractivity contribution in [1.29, 1.82) is 0 Å². The second kappa shape index (κ2) is 6.85. The van der Waals surface area contributed by atoms with E-state index in [0.717, 1.165) is 16.5 Å². The van der Waals surface area contributed by atoms with E-state index in [4.69, 9.17) is 4.74 Å². The Kier molecular flexibility index (Phi) is 4.14. The third kappa shape index (κ3) is 2.54. The largest absolute Gasteiger partial charge is 0.467 e. The maximum absolute atomic E-state index is 12.9. The molecule has 30 heavy (non-hydrogen) atoms. The van der Waals surface area contributed by atoms with E-state index in [1.807, 2.05) is 48.5 Å². The summed E-state index contributed by atoms with van der Waals surface area (Å²) in [7, 11) is 1.33. The molecule has 0 bridgehead atoms. The summed E-state index contributed by atoms with van der Waals surface area (Å²) in [6.45, 7) is 0. The summed E-state index contributed by atoms with van der Waals surface area (Å²) >= 11 is 0. The molecule has 1 unspecified atom stereocenters. The molecular formula is C26H19NO3. The molecule has 1 heterocycles. The zero-order valence-electron chi connectivity index (χ0n) is 16.4. The first kappa shape index (κ1) is 18.1. The van der Waals surface area contributed by atoms with Gasteiger partial charge in [0.15, 0.2) is 5.54 Å². The maximum Gasteiger partial charge on any atom is 0.341 e. The number of amides is 1. The second-order valence-electron chi connectivity index (χ2n) is 7.35. The van der Waals surface area contributed by atoms with Crippen LogP contribution < -0.4 is 5.32 Å². The molecule has 0 saturated heterocycles. The average molecular weight is 393 g/mol. The minimum absolute atomic E-state index is 0.283. The summed E-state index contributed by atoms with van der Waals surface area (Å²) in [5, 5.41) is 5.21. The van der Waals surface area contributed by atoms with Gasteiger partial charge in [-0.3, -0.25) is 4.79 Å². The molecule has 0 saturated carbocycles. The molecule has 0 radical (unpaired) electrons. The zero-order valence-corrected chi connectivity index (χ0v) is 16.4. The highest BCUT2D eigenvalue weighted by molar-refractivity contribution is 6.07. The Morgan fingerprint density at radius 2 is 1.47 bits per heavy atom. The molecule has 1 N–H and O–H groups in total. The fraction of sp³-hybridized carbons (Fsp3) is 0.0769. The van der Waals surface area contributed by atoms with Gasteiger partial charge in [0.25, 0.3) is 5.91 Å². The van der Waals surface area contributed by atoms with Crippen LogP contribution in [0.15, 0.2) is 91.0 Å². The number of carbonyl (C=O) groups excluding carboxylic acids is 2. The normalized spacial score (nSPS) is 17.4. The molecule has 0 spiro atoms. The molecule has 146 valence electrons. The Bertz CT molecular complexity index is 1290. The fourth-order valence-electron chi connectivity index (χ4n) is 4.35. The number of esters is 1. The number of carbonyl (C=O) groups is 2. The molecule has 0 aromatic heterocycles. The van der Waals surface area contributed by atoms with Gasteiger partial charge in [-0.2, -0.15) is 0 Å². The van der Waals surface area contributed by atoms with E-state index in [2.05, 4.69) is 29.6 Å². The monoisotopic (exact) mass is 393 g/mol. The van der Waals surface area contributed by atoms with E-state index in [1.54, 1.807) is 18.2 Å². The van der Waals surface area contributed by atoms with E-state index >= 15 is 0 Å². The number of methoxy groups -OCH3 is 1. The van der Waals surface area contributed by atoms with Gasteiger partial charge in [-0.25, -0.2) is 4.79 Å². The van der Waals surface area contributed by atoms with Crippen molar-refractivity contribution < 1.29 is 14.3 Å². The Morgan fingerprint density at radius 1 is 0.800 bits per heavy atom. The summed E-state index contributed by atoms with van der Waals surface area (Å²) in [5.41, 5.74) is 2.56. The van der Waals surface area contributed by atoms with Gasteiger partial charge in [0.1, 0.15) is 0 Å². The van der Waals surface area contributed by atoms with Gasteiger partial charge >= 0.3 is 5.97 Å². The summed E-state index contributed by atoms with van der Waals surface area (Å²) in [4.78, 5) is 25.5. The fourth-order valence-corrected chi connectivity index (χ4v) is 4.35. The Labute approximate surface area is 174 Å². The highest BCUT2D eigenvalue weighted by atomic mass is 16.5.